The average molecular weight is 264 g/mol. The SMILES string of the molecule is CN(C)C(=O)C1CCCN1C(=O)c1cccc(F)c1. The molecule has 0 saturated carbocycles. The maximum Gasteiger partial charge on any atom is 0.254 e. The Morgan fingerprint density at radius 1 is 1.37 bits per heavy atom. The minimum Gasteiger partial charge on any atom is -0.347 e. The lowest BCUT2D eigenvalue weighted by molar-refractivity contribution is -0.132. The highest BCUT2D eigenvalue weighted by Gasteiger charge is 2.35. The molecule has 102 valence electrons. The van der Waals surface area contributed by atoms with Crippen LogP contribution in [0.15, 0.2) is 24.3 Å². The van der Waals surface area contributed by atoms with Gasteiger partial charge in [-0.25, -0.2) is 4.39 Å². The molecule has 5 heteroatoms. The fourth-order valence-electron chi connectivity index (χ4n) is 2.35. The Morgan fingerprint density at radius 3 is 2.74 bits per heavy atom. The van der Waals surface area contributed by atoms with Gasteiger partial charge in [-0.3, -0.25) is 9.59 Å². The second-order valence-electron chi connectivity index (χ2n) is 4.90. The molecule has 0 bridgehead atoms. The average Bonchev–Trinajstić information content (AvgIpc) is 2.85. The summed E-state index contributed by atoms with van der Waals surface area (Å²) in [5.41, 5.74) is 0.290. The zero-order valence-electron chi connectivity index (χ0n) is 11.1. The number of rotatable bonds is 2. The van der Waals surface area contributed by atoms with Gasteiger partial charge in [0.2, 0.25) is 5.91 Å². The van der Waals surface area contributed by atoms with E-state index in [1.165, 1.54) is 28.0 Å². The Balaban J connectivity index is 2.21. The van der Waals surface area contributed by atoms with Crippen LogP contribution in [0.4, 0.5) is 4.39 Å². The van der Waals surface area contributed by atoms with Gasteiger partial charge < -0.3 is 9.80 Å². The number of benzene rings is 1. The summed E-state index contributed by atoms with van der Waals surface area (Å²) in [6.45, 7) is 0.541. The van der Waals surface area contributed by atoms with Crippen molar-refractivity contribution in [1.29, 1.82) is 0 Å². The van der Waals surface area contributed by atoms with Crippen LogP contribution in [0, 0.1) is 5.82 Å². The van der Waals surface area contributed by atoms with Gasteiger partial charge in [0.25, 0.3) is 5.91 Å². The van der Waals surface area contributed by atoms with Gasteiger partial charge >= 0.3 is 0 Å². The van der Waals surface area contributed by atoms with Gasteiger partial charge in [0.15, 0.2) is 0 Å². The molecule has 0 aromatic heterocycles. The largest absolute Gasteiger partial charge is 0.347 e. The molecule has 1 aliphatic heterocycles. The van der Waals surface area contributed by atoms with E-state index in [0.29, 0.717) is 18.5 Å². The van der Waals surface area contributed by atoms with Crippen LogP contribution in [0.3, 0.4) is 0 Å². The molecule has 2 amide bonds. The zero-order chi connectivity index (χ0) is 14.0. The van der Waals surface area contributed by atoms with Crippen LogP contribution in [-0.2, 0) is 4.79 Å². The van der Waals surface area contributed by atoms with Gasteiger partial charge in [0.05, 0.1) is 0 Å². The predicted octanol–water partition coefficient (Wildman–Crippen LogP) is 1.52. The van der Waals surface area contributed by atoms with E-state index in [9.17, 15) is 14.0 Å². The smallest absolute Gasteiger partial charge is 0.254 e. The number of carbonyl (C=O) groups excluding carboxylic acids is 2. The van der Waals surface area contributed by atoms with Crippen molar-refractivity contribution in [3.05, 3.63) is 35.6 Å². The molecule has 2 rings (SSSR count). The number of hydrogen-bond acceptors (Lipinski definition) is 2. The number of likely N-dealkylation sites (N-methyl/N-ethyl adjacent to an activating group) is 1. The van der Waals surface area contributed by atoms with Gasteiger partial charge in [-0.15, -0.1) is 0 Å². The summed E-state index contributed by atoms with van der Waals surface area (Å²) in [6, 6.07) is 5.15. The fraction of sp³-hybridized carbons (Fsp3) is 0.429. The monoisotopic (exact) mass is 264 g/mol. The first kappa shape index (κ1) is 13.5. The van der Waals surface area contributed by atoms with Crippen LogP contribution < -0.4 is 0 Å². The van der Waals surface area contributed by atoms with E-state index >= 15 is 0 Å². The Labute approximate surface area is 111 Å². The maximum absolute atomic E-state index is 13.2. The van der Waals surface area contributed by atoms with Gasteiger partial charge in [-0.1, -0.05) is 6.07 Å². The summed E-state index contributed by atoms with van der Waals surface area (Å²) in [5, 5.41) is 0. The third-order valence-corrected chi connectivity index (χ3v) is 3.31. The number of halogens is 1. The van der Waals surface area contributed by atoms with Gasteiger partial charge in [0.1, 0.15) is 11.9 Å². The van der Waals surface area contributed by atoms with Gasteiger partial charge in [-0.05, 0) is 31.0 Å². The van der Waals surface area contributed by atoms with Crippen LogP contribution in [0.5, 0.6) is 0 Å². The second-order valence-corrected chi connectivity index (χ2v) is 4.90. The molecular weight excluding hydrogens is 247 g/mol. The summed E-state index contributed by atoms with van der Waals surface area (Å²) < 4.78 is 13.2. The molecule has 0 aliphatic carbocycles. The van der Waals surface area contributed by atoms with Gasteiger partial charge in [-0.2, -0.15) is 0 Å². The summed E-state index contributed by atoms with van der Waals surface area (Å²) in [5.74, 6) is -0.806. The molecule has 1 atom stereocenters. The minimum atomic E-state index is -0.444. The second kappa shape index (κ2) is 5.38. The lowest BCUT2D eigenvalue weighted by Gasteiger charge is -2.26. The Bertz CT molecular complexity index is 502. The van der Waals surface area contributed by atoms with Crippen molar-refractivity contribution in [1.82, 2.24) is 9.80 Å². The Kier molecular flexibility index (Phi) is 3.83. The number of likely N-dealkylation sites (tertiary alicyclic amines) is 1. The fourth-order valence-corrected chi connectivity index (χ4v) is 2.35. The van der Waals surface area contributed by atoms with Crippen molar-refractivity contribution >= 4 is 11.8 Å². The molecule has 0 spiro atoms. The molecule has 4 nitrogen and oxygen atoms in total. The molecule has 1 unspecified atom stereocenters. The number of carbonyl (C=O) groups is 2. The van der Waals surface area contributed by atoms with Crippen molar-refractivity contribution in [2.24, 2.45) is 0 Å². The number of nitrogens with zero attached hydrogens (tertiary/aromatic N) is 2. The molecule has 1 aliphatic rings. The first-order valence-electron chi connectivity index (χ1n) is 6.28. The third-order valence-electron chi connectivity index (χ3n) is 3.31. The van der Waals surface area contributed by atoms with Crippen LogP contribution in [0.25, 0.3) is 0 Å². The third kappa shape index (κ3) is 2.75. The van der Waals surface area contributed by atoms with E-state index in [2.05, 4.69) is 0 Å². The normalized spacial score (nSPS) is 18.5. The molecule has 0 N–H and O–H groups in total. The lowest BCUT2D eigenvalue weighted by atomic mass is 10.1. The molecule has 1 saturated heterocycles. The standard InChI is InChI=1S/C14H17FN2O2/c1-16(2)14(19)12-7-4-8-17(12)13(18)10-5-3-6-11(15)9-10/h3,5-6,9,12H,4,7-8H2,1-2H3. The quantitative estimate of drug-likeness (QED) is 0.812. The summed E-state index contributed by atoms with van der Waals surface area (Å²) in [4.78, 5) is 27.4. The van der Waals surface area contributed by atoms with Crippen LogP contribution in [0.1, 0.15) is 23.2 Å². The first-order chi connectivity index (χ1) is 9.00. The van der Waals surface area contributed by atoms with E-state index in [4.69, 9.17) is 0 Å². The van der Waals surface area contributed by atoms with Crippen molar-refractivity contribution in [2.45, 2.75) is 18.9 Å². The molecule has 0 radical (unpaired) electrons. The Morgan fingerprint density at radius 2 is 2.11 bits per heavy atom. The number of hydrogen-bond donors (Lipinski definition) is 0. The topological polar surface area (TPSA) is 40.6 Å². The van der Waals surface area contributed by atoms with E-state index in [-0.39, 0.29) is 11.8 Å². The van der Waals surface area contributed by atoms with Crippen LogP contribution >= 0.6 is 0 Å². The first-order valence-corrected chi connectivity index (χ1v) is 6.28. The molecule has 1 heterocycles. The summed E-state index contributed by atoms with van der Waals surface area (Å²) in [6.07, 6.45) is 1.46. The molecule has 1 fully saturated rings. The van der Waals surface area contributed by atoms with Crippen LogP contribution in [0.2, 0.25) is 0 Å². The minimum absolute atomic E-state index is 0.0812. The number of amides is 2. The zero-order valence-corrected chi connectivity index (χ0v) is 11.1. The van der Waals surface area contributed by atoms with E-state index in [1.54, 1.807) is 20.2 Å². The summed E-state index contributed by atoms with van der Waals surface area (Å²) >= 11 is 0. The van der Waals surface area contributed by atoms with E-state index < -0.39 is 11.9 Å². The molecule has 1 aromatic rings. The van der Waals surface area contributed by atoms with Crippen molar-refractivity contribution in [2.75, 3.05) is 20.6 Å². The van der Waals surface area contributed by atoms with E-state index in [1.807, 2.05) is 0 Å². The highest BCUT2D eigenvalue weighted by Crippen LogP contribution is 2.21. The van der Waals surface area contributed by atoms with Crippen molar-refractivity contribution in [3.8, 4) is 0 Å². The predicted molar refractivity (Wildman–Crippen MR) is 69.2 cm³/mol. The van der Waals surface area contributed by atoms with Crippen molar-refractivity contribution < 1.29 is 14.0 Å². The van der Waals surface area contributed by atoms with Gasteiger partial charge in [0, 0.05) is 26.2 Å². The molecule has 19 heavy (non-hydrogen) atoms. The lowest BCUT2D eigenvalue weighted by Crippen LogP contribution is -2.45. The maximum atomic E-state index is 13.2. The highest BCUT2D eigenvalue weighted by atomic mass is 19.1. The van der Waals surface area contributed by atoms with E-state index in [0.717, 1.165) is 6.42 Å². The molecular formula is C14H17FN2O2. The van der Waals surface area contributed by atoms with Crippen molar-refractivity contribution in [3.63, 3.8) is 0 Å². The highest BCUT2D eigenvalue weighted by molar-refractivity contribution is 5.97. The Hall–Kier alpha value is -1.91. The molecule has 1 aromatic carbocycles. The van der Waals surface area contributed by atoms with Crippen LogP contribution in [-0.4, -0.2) is 48.3 Å². The summed E-state index contributed by atoms with van der Waals surface area (Å²) in [7, 11) is 3.34.